The Bertz CT molecular complexity index is 753. The Morgan fingerprint density at radius 2 is 1.87 bits per heavy atom. The van der Waals surface area contributed by atoms with Crippen molar-refractivity contribution < 1.29 is 0 Å². The van der Waals surface area contributed by atoms with E-state index in [2.05, 4.69) is 69.5 Å². The summed E-state index contributed by atoms with van der Waals surface area (Å²) in [6, 6.07) is 18.1. The van der Waals surface area contributed by atoms with Crippen LogP contribution in [-0.2, 0) is 0 Å². The highest BCUT2D eigenvalue weighted by Crippen LogP contribution is 2.34. The summed E-state index contributed by atoms with van der Waals surface area (Å²) in [4.78, 5) is 2.64. The topological polar surface area (TPSA) is 15.3 Å². The molecule has 1 unspecified atom stereocenters. The van der Waals surface area contributed by atoms with Gasteiger partial charge in [0.25, 0.3) is 0 Å². The molecule has 1 aliphatic heterocycles. The van der Waals surface area contributed by atoms with E-state index in [1.54, 1.807) is 11.3 Å². The molecule has 0 aliphatic carbocycles. The molecule has 0 bridgehead atoms. The second-order valence-corrected chi connectivity index (χ2v) is 6.95. The molecule has 2 aromatic carbocycles. The van der Waals surface area contributed by atoms with E-state index in [1.807, 2.05) is 0 Å². The van der Waals surface area contributed by atoms with Crippen molar-refractivity contribution in [1.82, 2.24) is 10.2 Å². The number of thiophene rings is 1. The SMILES string of the molecule is c1ccc2c(C(c3ccsc3)N3CCCNCC3)cccc2c1. The van der Waals surface area contributed by atoms with Crippen LogP contribution in [0.1, 0.15) is 23.6 Å². The minimum atomic E-state index is 0.354. The summed E-state index contributed by atoms with van der Waals surface area (Å²) in [6.07, 6.45) is 1.21. The van der Waals surface area contributed by atoms with Gasteiger partial charge in [0.2, 0.25) is 0 Å². The van der Waals surface area contributed by atoms with Gasteiger partial charge in [-0.15, -0.1) is 0 Å². The van der Waals surface area contributed by atoms with E-state index in [0.717, 1.165) is 26.2 Å². The zero-order valence-electron chi connectivity index (χ0n) is 13.2. The molecule has 0 radical (unpaired) electrons. The summed E-state index contributed by atoms with van der Waals surface area (Å²) in [7, 11) is 0. The number of fused-ring (bicyclic) bond motifs is 1. The predicted octanol–water partition coefficient (Wildman–Crippen LogP) is 4.29. The molecule has 1 aliphatic rings. The highest BCUT2D eigenvalue weighted by atomic mass is 32.1. The first kappa shape index (κ1) is 14.9. The average molecular weight is 322 g/mol. The van der Waals surface area contributed by atoms with Gasteiger partial charge in [-0.2, -0.15) is 11.3 Å². The molecule has 3 heteroatoms. The van der Waals surface area contributed by atoms with Crippen LogP contribution in [-0.4, -0.2) is 31.1 Å². The van der Waals surface area contributed by atoms with Crippen molar-refractivity contribution in [3.8, 4) is 0 Å². The lowest BCUT2D eigenvalue weighted by Gasteiger charge is -2.31. The van der Waals surface area contributed by atoms with Crippen LogP contribution in [0.3, 0.4) is 0 Å². The first-order chi connectivity index (χ1) is 11.4. The first-order valence-electron chi connectivity index (χ1n) is 8.38. The van der Waals surface area contributed by atoms with E-state index in [4.69, 9.17) is 0 Å². The molecule has 2 nitrogen and oxygen atoms in total. The Balaban J connectivity index is 1.83. The third-order valence-corrected chi connectivity index (χ3v) is 5.42. The van der Waals surface area contributed by atoms with Gasteiger partial charge in [0.15, 0.2) is 0 Å². The Hall–Kier alpha value is -1.68. The molecular weight excluding hydrogens is 300 g/mol. The third kappa shape index (κ3) is 3.05. The molecule has 2 heterocycles. The van der Waals surface area contributed by atoms with Crippen molar-refractivity contribution in [2.24, 2.45) is 0 Å². The van der Waals surface area contributed by atoms with Crippen LogP contribution in [0.5, 0.6) is 0 Å². The largest absolute Gasteiger partial charge is 0.315 e. The lowest BCUT2D eigenvalue weighted by molar-refractivity contribution is 0.242. The number of benzene rings is 2. The number of rotatable bonds is 3. The van der Waals surface area contributed by atoms with E-state index in [-0.39, 0.29) is 0 Å². The summed E-state index contributed by atoms with van der Waals surface area (Å²) in [6.45, 7) is 4.45. The third-order valence-electron chi connectivity index (χ3n) is 4.72. The predicted molar refractivity (Wildman–Crippen MR) is 99.2 cm³/mol. The zero-order chi connectivity index (χ0) is 15.5. The summed E-state index contributed by atoms with van der Waals surface area (Å²) in [5.74, 6) is 0. The summed E-state index contributed by atoms with van der Waals surface area (Å²) in [5.41, 5.74) is 2.86. The van der Waals surface area contributed by atoms with E-state index in [1.165, 1.54) is 28.3 Å². The maximum absolute atomic E-state index is 3.53. The van der Waals surface area contributed by atoms with Crippen molar-refractivity contribution in [2.75, 3.05) is 26.2 Å². The Labute approximate surface area is 141 Å². The van der Waals surface area contributed by atoms with Gasteiger partial charge in [0.1, 0.15) is 0 Å². The van der Waals surface area contributed by atoms with Crippen molar-refractivity contribution in [2.45, 2.75) is 12.5 Å². The molecule has 1 atom stereocenters. The quantitative estimate of drug-likeness (QED) is 0.774. The summed E-state index contributed by atoms with van der Waals surface area (Å²) < 4.78 is 0. The van der Waals surface area contributed by atoms with Crippen molar-refractivity contribution in [1.29, 1.82) is 0 Å². The lowest BCUT2D eigenvalue weighted by Crippen LogP contribution is -2.32. The maximum atomic E-state index is 3.53. The Morgan fingerprint density at radius 3 is 2.78 bits per heavy atom. The molecule has 1 N–H and O–H groups in total. The molecule has 1 aromatic heterocycles. The first-order valence-corrected chi connectivity index (χ1v) is 9.32. The summed E-state index contributed by atoms with van der Waals surface area (Å²) in [5, 5.41) is 10.7. The standard InChI is InChI=1S/C20H22N2S/c1-2-7-18-16(5-1)6-3-8-19(18)20(17-9-14-23-15-17)22-12-4-10-21-11-13-22/h1-3,5-9,14-15,20-21H,4,10-13H2. The van der Waals surface area contributed by atoms with Gasteiger partial charge in [-0.1, -0.05) is 42.5 Å². The Morgan fingerprint density at radius 1 is 0.957 bits per heavy atom. The van der Waals surface area contributed by atoms with Crippen LogP contribution in [0, 0.1) is 0 Å². The Kier molecular flexibility index (Phi) is 4.42. The fourth-order valence-corrected chi connectivity index (χ4v) is 4.31. The smallest absolute Gasteiger partial charge is 0.0616 e. The molecule has 3 aromatic rings. The van der Waals surface area contributed by atoms with Crippen molar-refractivity contribution in [3.05, 3.63) is 70.4 Å². The van der Waals surface area contributed by atoms with Crippen LogP contribution >= 0.6 is 11.3 Å². The van der Waals surface area contributed by atoms with Gasteiger partial charge in [0, 0.05) is 19.6 Å². The monoisotopic (exact) mass is 322 g/mol. The van der Waals surface area contributed by atoms with Gasteiger partial charge in [-0.05, 0) is 51.7 Å². The minimum absolute atomic E-state index is 0.354. The van der Waals surface area contributed by atoms with E-state index in [0.29, 0.717) is 6.04 Å². The highest BCUT2D eigenvalue weighted by molar-refractivity contribution is 7.08. The second-order valence-electron chi connectivity index (χ2n) is 6.17. The molecule has 0 spiro atoms. The lowest BCUT2D eigenvalue weighted by atomic mass is 9.94. The molecule has 23 heavy (non-hydrogen) atoms. The average Bonchev–Trinajstić information content (AvgIpc) is 2.98. The van der Waals surface area contributed by atoms with Gasteiger partial charge < -0.3 is 5.32 Å². The molecular formula is C20H22N2S. The molecule has 0 saturated carbocycles. The van der Waals surface area contributed by atoms with Crippen LogP contribution in [0.15, 0.2) is 59.3 Å². The van der Waals surface area contributed by atoms with Crippen LogP contribution in [0.4, 0.5) is 0 Å². The van der Waals surface area contributed by atoms with E-state index < -0.39 is 0 Å². The number of hydrogen-bond donors (Lipinski definition) is 1. The second kappa shape index (κ2) is 6.83. The van der Waals surface area contributed by atoms with Crippen LogP contribution in [0.2, 0.25) is 0 Å². The highest BCUT2D eigenvalue weighted by Gasteiger charge is 2.24. The fraction of sp³-hybridized carbons (Fsp3) is 0.300. The maximum Gasteiger partial charge on any atom is 0.0616 e. The van der Waals surface area contributed by atoms with Crippen molar-refractivity contribution in [3.63, 3.8) is 0 Å². The molecule has 0 amide bonds. The fourth-order valence-electron chi connectivity index (χ4n) is 3.63. The van der Waals surface area contributed by atoms with Crippen molar-refractivity contribution >= 4 is 22.1 Å². The van der Waals surface area contributed by atoms with Gasteiger partial charge in [0.05, 0.1) is 6.04 Å². The number of nitrogens with zero attached hydrogens (tertiary/aromatic N) is 1. The van der Waals surface area contributed by atoms with Crippen LogP contribution in [0.25, 0.3) is 10.8 Å². The molecule has 1 saturated heterocycles. The van der Waals surface area contributed by atoms with E-state index >= 15 is 0 Å². The molecule has 1 fully saturated rings. The number of nitrogens with one attached hydrogen (secondary N) is 1. The molecule has 118 valence electrons. The zero-order valence-corrected chi connectivity index (χ0v) is 14.1. The van der Waals surface area contributed by atoms with Gasteiger partial charge in [-0.25, -0.2) is 0 Å². The minimum Gasteiger partial charge on any atom is -0.315 e. The van der Waals surface area contributed by atoms with Gasteiger partial charge >= 0.3 is 0 Å². The normalized spacial score (nSPS) is 17.9. The van der Waals surface area contributed by atoms with Crippen LogP contribution < -0.4 is 5.32 Å². The van der Waals surface area contributed by atoms with Gasteiger partial charge in [-0.3, -0.25) is 4.90 Å². The molecule has 4 rings (SSSR count). The van der Waals surface area contributed by atoms with E-state index in [9.17, 15) is 0 Å². The summed E-state index contributed by atoms with van der Waals surface area (Å²) >= 11 is 1.79. The number of hydrogen-bond acceptors (Lipinski definition) is 3.